The third kappa shape index (κ3) is 7.66. The number of nitrogens with zero attached hydrogens (tertiary/aromatic N) is 4. The fourth-order valence-electron chi connectivity index (χ4n) is 5.33. The first-order chi connectivity index (χ1) is 21.5. The summed E-state index contributed by atoms with van der Waals surface area (Å²) >= 11 is 5.88. The lowest BCUT2D eigenvalue weighted by molar-refractivity contribution is -0.152. The number of rotatable bonds is 12. The van der Waals surface area contributed by atoms with Gasteiger partial charge in [0.25, 0.3) is 0 Å². The molecule has 0 bridgehead atoms. The Balaban J connectivity index is 1.32. The first-order valence-corrected chi connectivity index (χ1v) is 16.7. The Kier molecular flexibility index (Phi) is 10.4. The summed E-state index contributed by atoms with van der Waals surface area (Å²) < 4.78 is 73.4. The fourth-order valence-corrected chi connectivity index (χ4v) is 6.99. The zero-order chi connectivity index (χ0) is 32.3. The maximum absolute atomic E-state index is 15.6. The normalized spacial score (nSPS) is 24.3. The van der Waals surface area contributed by atoms with Gasteiger partial charge in [-0.05, 0) is 51.7 Å². The number of anilines is 1. The summed E-state index contributed by atoms with van der Waals surface area (Å²) in [6.45, 7) is 4.63. The number of nitrogens with one attached hydrogen (secondary N) is 1. The molecule has 2 aliphatic rings. The SMILES string of the molecule is CCOc1nc(N)nc2c1ncn2C1OC(COP(=O)(NC(C)C(=O)OC2CCCCC2)Oc2ccc(F)c(Cl)c2)C(F)C1C. The third-order valence-electron chi connectivity index (χ3n) is 7.65. The molecular weight excluding hydrogens is 637 g/mol. The Morgan fingerprint density at radius 1 is 1.29 bits per heavy atom. The number of ether oxygens (including phenoxy) is 3. The molecule has 17 heteroatoms. The van der Waals surface area contributed by atoms with E-state index in [0.717, 1.165) is 44.2 Å². The fraction of sp³-hybridized carbons (Fsp3) is 0.571. The Hall–Kier alpha value is -3.10. The van der Waals surface area contributed by atoms with Gasteiger partial charge in [-0.3, -0.25) is 13.9 Å². The molecule has 0 amide bonds. The van der Waals surface area contributed by atoms with E-state index in [0.29, 0.717) is 12.1 Å². The van der Waals surface area contributed by atoms with Gasteiger partial charge in [0, 0.05) is 12.0 Å². The van der Waals surface area contributed by atoms with E-state index in [4.69, 9.17) is 40.6 Å². The summed E-state index contributed by atoms with van der Waals surface area (Å²) in [6, 6.07) is 2.19. The molecule has 6 atom stereocenters. The van der Waals surface area contributed by atoms with Crippen LogP contribution in [0.25, 0.3) is 11.2 Å². The van der Waals surface area contributed by atoms with Gasteiger partial charge >= 0.3 is 13.7 Å². The van der Waals surface area contributed by atoms with Crippen LogP contribution in [-0.4, -0.2) is 63.1 Å². The number of aromatic nitrogens is 4. The number of hydrogen-bond acceptors (Lipinski definition) is 11. The lowest BCUT2D eigenvalue weighted by Crippen LogP contribution is -2.38. The van der Waals surface area contributed by atoms with Gasteiger partial charge in [-0.25, -0.2) is 18.3 Å². The number of hydrogen-bond donors (Lipinski definition) is 2. The van der Waals surface area contributed by atoms with Crippen molar-refractivity contribution in [3.63, 3.8) is 0 Å². The van der Waals surface area contributed by atoms with E-state index in [1.54, 1.807) is 13.8 Å². The summed E-state index contributed by atoms with van der Waals surface area (Å²) in [5, 5.41) is 2.28. The van der Waals surface area contributed by atoms with E-state index in [1.807, 2.05) is 0 Å². The van der Waals surface area contributed by atoms with E-state index in [-0.39, 0.29) is 34.4 Å². The molecule has 1 saturated heterocycles. The first kappa shape index (κ1) is 33.3. The number of alkyl halides is 1. The van der Waals surface area contributed by atoms with Crippen molar-refractivity contribution in [1.82, 2.24) is 24.6 Å². The minimum absolute atomic E-state index is 0.0591. The Labute approximate surface area is 263 Å². The standard InChI is InChI=1S/C28H36ClF2N6O7P/c1-4-40-25-23-24(34-28(32)35-25)37(14-33-23)26-15(2)22(31)21(43-26)13-41-45(39,44-18-10-11-20(30)19(29)12-18)36-16(3)27(38)42-17-8-6-5-7-9-17/h10-12,14-17,21-22,26H,4-9,13H2,1-3H3,(H,36,39)(H2,32,34,35). The van der Waals surface area contributed by atoms with Crippen molar-refractivity contribution in [2.24, 2.45) is 5.92 Å². The van der Waals surface area contributed by atoms with Gasteiger partial charge in [-0.15, -0.1) is 0 Å². The molecule has 13 nitrogen and oxygen atoms in total. The zero-order valence-electron chi connectivity index (χ0n) is 25.0. The van der Waals surface area contributed by atoms with Crippen molar-refractivity contribution < 1.29 is 41.4 Å². The van der Waals surface area contributed by atoms with Crippen molar-refractivity contribution in [1.29, 1.82) is 0 Å². The highest BCUT2D eigenvalue weighted by Gasteiger charge is 2.46. The number of nitrogens with two attached hydrogens (primary N) is 1. The van der Waals surface area contributed by atoms with Crippen molar-refractivity contribution >= 4 is 42.4 Å². The predicted octanol–water partition coefficient (Wildman–Crippen LogP) is 5.53. The molecule has 3 aromatic rings. The van der Waals surface area contributed by atoms with Crippen LogP contribution in [0.5, 0.6) is 11.6 Å². The summed E-state index contributed by atoms with van der Waals surface area (Å²) in [5.74, 6) is -2.08. The molecule has 246 valence electrons. The van der Waals surface area contributed by atoms with Crippen LogP contribution >= 0.6 is 19.3 Å². The van der Waals surface area contributed by atoms with Gasteiger partial charge in [0.1, 0.15) is 42.2 Å². The minimum atomic E-state index is -4.43. The number of carbonyl (C=O) groups is 1. The highest BCUT2D eigenvalue weighted by molar-refractivity contribution is 7.52. The van der Waals surface area contributed by atoms with E-state index in [9.17, 15) is 13.8 Å². The molecule has 3 N–H and O–H groups in total. The number of imidazole rings is 1. The van der Waals surface area contributed by atoms with E-state index in [1.165, 1.54) is 23.9 Å². The van der Waals surface area contributed by atoms with E-state index in [2.05, 4.69) is 20.0 Å². The van der Waals surface area contributed by atoms with Gasteiger partial charge < -0.3 is 24.5 Å². The first-order valence-electron chi connectivity index (χ1n) is 14.8. The highest BCUT2D eigenvalue weighted by atomic mass is 35.5. The molecule has 2 fully saturated rings. The molecule has 1 aromatic carbocycles. The Morgan fingerprint density at radius 2 is 2.04 bits per heavy atom. The van der Waals surface area contributed by atoms with Crippen LogP contribution in [0.1, 0.15) is 59.1 Å². The summed E-state index contributed by atoms with van der Waals surface area (Å²) in [5.41, 5.74) is 6.48. The van der Waals surface area contributed by atoms with Crippen LogP contribution in [-0.2, 0) is 23.4 Å². The van der Waals surface area contributed by atoms with Gasteiger partial charge in [-0.1, -0.05) is 24.9 Å². The monoisotopic (exact) mass is 672 g/mol. The van der Waals surface area contributed by atoms with E-state index >= 15 is 4.39 Å². The quantitative estimate of drug-likeness (QED) is 0.183. The Morgan fingerprint density at radius 3 is 2.76 bits per heavy atom. The maximum atomic E-state index is 15.6. The Bertz CT molecular complexity index is 1560. The summed E-state index contributed by atoms with van der Waals surface area (Å²) in [4.78, 5) is 25.5. The highest BCUT2D eigenvalue weighted by Crippen LogP contribution is 2.47. The lowest BCUT2D eigenvalue weighted by atomic mass is 9.98. The average Bonchev–Trinajstić information content (AvgIpc) is 3.54. The number of esters is 1. The van der Waals surface area contributed by atoms with Crippen LogP contribution in [0.2, 0.25) is 5.02 Å². The molecule has 0 radical (unpaired) electrons. The molecule has 2 aromatic heterocycles. The van der Waals surface area contributed by atoms with Crippen molar-refractivity contribution in [2.45, 2.75) is 83.5 Å². The maximum Gasteiger partial charge on any atom is 0.459 e. The lowest BCUT2D eigenvalue weighted by Gasteiger charge is -2.26. The van der Waals surface area contributed by atoms with Gasteiger partial charge in [0.15, 0.2) is 11.2 Å². The van der Waals surface area contributed by atoms with Crippen LogP contribution in [0.3, 0.4) is 0 Å². The van der Waals surface area contributed by atoms with Crippen LogP contribution < -0.4 is 20.1 Å². The number of benzene rings is 1. The van der Waals surface area contributed by atoms with Crippen LogP contribution in [0, 0.1) is 11.7 Å². The van der Waals surface area contributed by atoms with E-state index < -0.39 is 56.6 Å². The molecular formula is C28H36ClF2N6O7P. The molecule has 3 heterocycles. The third-order valence-corrected chi connectivity index (χ3v) is 9.58. The second-order valence-corrected chi connectivity index (χ2v) is 13.1. The molecule has 5 rings (SSSR count). The average molecular weight is 673 g/mol. The molecule has 1 aliphatic carbocycles. The topological polar surface area (TPSA) is 162 Å². The number of halogens is 3. The minimum Gasteiger partial charge on any atom is -0.476 e. The molecule has 1 saturated carbocycles. The number of fused-ring (bicyclic) bond motifs is 1. The smallest absolute Gasteiger partial charge is 0.459 e. The predicted molar refractivity (Wildman–Crippen MR) is 160 cm³/mol. The molecule has 6 unspecified atom stereocenters. The summed E-state index contributed by atoms with van der Waals surface area (Å²) in [6.07, 6.45) is 1.94. The number of carbonyl (C=O) groups excluding carboxylic acids is 1. The number of nitrogen functional groups attached to an aromatic ring is 1. The largest absolute Gasteiger partial charge is 0.476 e. The van der Waals surface area contributed by atoms with Crippen molar-refractivity contribution in [3.05, 3.63) is 35.4 Å². The molecule has 45 heavy (non-hydrogen) atoms. The van der Waals surface area contributed by atoms with Crippen molar-refractivity contribution in [2.75, 3.05) is 18.9 Å². The molecule has 1 aliphatic heterocycles. The zero-order valence-corrected chi connectivity index (χ0v) is 26.7. The van der Waals surface area contributed by atoms with Gasteiger partial charge in [0.05, 0.1) is 24.6 Å². The second-order valence-electron chi connectivity index (χ2n) is 11.0. The second kappa shape index (κ2) is 14.1. The van der Waals surface area contributed by atoms with Gasteiger partial charge in [0.2, 0.25) is 11.8 Å². The molecule has 0 spiro atoms. The van der Waals surface area contributed by atoms with Crippen LogP contribution in [0.4, 0.5) is 14.7 Å². The van der Waals surface area contributed by atoms with Crippen LogP contribution in [0.15, 0.2) is 24.5 Å². The van der Waals surface area contributed by atoms with Crippen molar-refractivity contribution in [3.8, 4) is 11.6 Å². The van der Waals surface area contributed by atoms with Gasteiger partial charge in [-0.2, -0.15) is 15.1 Å². The summed E-state index contributed by atoms with van der Waals surface area (Å²) in [7, 11) is -4.43.